The van der Waals surface area contributed by atoms with Crippen molar-refractivity contribution in [2.24, 2.45) is 0 Å². The molecule has 8 heteroatoms. The summed E-state index contributed by atoms with van der Waals surface area (Å²) in [4.78, 5) is 17.3. The van der Waals surface area contributed by atoms with Gasteiger partial charge < -0.3 is 10.2 Å². The Morgan fingerprint density at radius 3 is 2.39 bits per heavy atom. The second kappa shape index (κ2) is 10.9. The maximum atomic E-state index is 12.5. The van der Waals surface area contributed by atoms with Gasteiger partial charge in [-0.3, -0.25) is 19.4 Å². The molecule has 0 spiro atoms. The number of aryl methyl sites for hydroxylation is 1. The van der Waals surface area contributed by atoms with Crippen molar-refractivity contribution >= 4 is 18.1 Å². The number of amides is 1. The van der Waals surface area contributed by atoms with Crippen molar-refractivity contribution in [2.45, 2.75) is 33.0 Å². The van der Waals surface area contributed by atoms with E-state index in [4.69, 9.17) is 12.2 Å². The van der Waals surface area contributed by atoms with Crippen LogP contribution in [0.5, 0.6) is 0 Å². The second-order valence-corrected chi connectivity index (χ2v) is 9.18. The van der Waals surface area contributed by atoms with Crippen molar-refractivity contribution in [3.05, 3.63) is 70.0 Å². The number of aromatic nitrogens is 3. The van der Waals surface area contributed by atoms with E-state index in [1.54, 1.807) is 0 Å². The Balaban J connectivity index is 1.26. The van der Waals surface area contributed by atoms with Crippen LogP contribution in [0.4, 0.5) is 0 Å². The minimum Gasteiger partial charge on any atom is -0.352 e. The summed E-state index contributed by atoms with van der Waals surface area (Å²) in [5.74, 6) is 0.748. The molecule has 2 N–H and O–H groups in total. The number of nitrogens with zero attached hydrogens (tertiary/aromatic N) is 4. The highest BCUT2D eigenvalue weighted by atomic mass is 32.1. The molecule has 0 bridgehead atoms. The number of piperazine rings is 1. The molecular formula is C25H32N6OS. The lowest BCUT2D eigenvalue weighted by Crippen LogP contribution is -2.43. The van der Waals surface area contributed by atoms with Crippen LogP contribution in [0.25, 0.3) is 11.4 Å². The molecule has 1 aromatic heterocycles. The number of H-pyrrole nitrogens is 1. The number of hydrogen-bond acceptors (Lipinski definition) is 5. The molecule has 2 heterocycles. The zero-order valence-electron chi connectivity index (χ0n) is 19.4. The Bertz CT molecular complexity index is 1110. The highest BCUT2D eigenvalue weighted by Crippen LogP contribution is 2.18. The molecule has 0 aliphatic carbocycles. The maximum Gasteiger partial charge on any atom is 0.222 e. The Morgan fingerprint density at radius 1 is 1.03 bits per heavy atom. The van der Waals surface area contributed by atoms with Gasteiger partial charge in [0.15, 0.2) is 10.6 Å². The summed E-state index contributed by atoms with van der Waals surface area (Å²) in [6.07, 6.45) is 0.341. The maximum absolute atomic E-state index is 12.5. The molecule has 3 aromatic rings. The summed E-state index contributed by atoms with van der Waals surface area (Å²) in [6.45, 7) is 8.51. The zero-order valence-corrected chi connectivity index (χ0v) is 20.2. The first-order chi connectivity index (χ1) is 16.0. The van der Waals surface area contributed by atoms with Crippen LogP contribution < -0.4 is 5.32 Å². The van der Waals surface area contributed by atoms with E-state index in [9.17, 15) is 4.79 Å². The quantitative estimate of drug-likeness (QED) is 0.500. The van der Waals surface area contributed by atoms with Crippen LogP contribution in [0.15, 0.2) is 48.5 Å². The minimum atomic E-state index is -0.00512. The second-order valence-electron chi connectivity index (χ2n) is 8.79. The van der Waals surface area contributed by atoms with Crippen LogP contribution >= 0.6 is 12.2 Å². The lowest BCUT2D eigenvalue weighted by Gasteiger charge is -2.32. The molecule has 0 saturated carbocycles. The fourth-order valence-electron chi connectivity index (χ4n) is 3.98. The van der Waals surface area contributed by atoms with Crippen molar-refractivity contribution in [1.82, 2.24) is 29.9 Å². The average Bonchev–Trinajstić information content (AvgIpc) is 3.19. The molecule has 2 aromatic carbocycles. The van der Waals surface area contributed by atoms with Crippen molar-refractivity contribution in [2.75, 3.05) is 33.2 Å². The Kier molecular flexibility index (Phi) is 7.69. The predicted molar refractivity (Wildman–Crippen MR) is 133 cm³/mol. The van der Waals surface area contributed by atoms with Crippen LogP contribution in [-0.2, 0) is 24.4 Å². The van der Waals surface area contributed by atoms with E-state index in [0.717, 1.165) is 49.7 Å². The molecule has 174 valence electrons. The molecule has 1 aliphatic heterocycles. The molecular weight excluding hydrogens is 432 g/mol. The lowest BCUT2D eigenvalue weighted by molar-refractivity contribution is -0.121. The fraction of sp³-hybridized carbons (Fsp3) is 0.400. The van der Waals surface area contributed by atoms with E-state index in [1.165, 1.54) is 11.1 Å². The molecule has 0 unspecified atom stereocenters. The van der Waals surface area contributed by atoms with Gasteiger partial charge in [0, 0.05) is 57.8 Å². The number of likely N-dealkylation sites (N-methyl/N-ethyl adjacent to an activating group) is 1. The van der Waals surface area contributed by atoms with Gasteiger partial charge in [-0.15, -0.1) is 0 Å². The molecule has 1 aliphatic rings. The lowest BCUT2D eigenvalue weighted by atomic mass is 10.1. The first-order valence-corrected chi connectivity index (χ1v) is 11.9. The monoisotopic (exact) mass is 464 g/mol. The summed E-state index contributed by atoms with van der Waals surface area (Å²) in [5, 5.41) is 10.2. The first kappa shape index (κ1) is 23.4. The number of aromatic amines is 1. The summed E-state index contributed by atoms with van der Waals surface area (Å²) in [6, 6.07) is 16.7. The molecule has 4 rings (SSSR count). The van der Waals surface area contributed by atoms with Gasteiger partial charge in [-0.05, 0) is 37.3 Å². The fourth-order valence-corrected chi connectivity index (χ4v) is 4.20. The van der Waals surface area contributed by atoms with Gasteiger partial charge in [-0.25, -0.2) is 0 Å². The number of carbonyl (C=O) groups excluding carboxylic acids is 1. The Morgan fingerprint density at radius 2 is 1.70 bits per heavy atom. The van der Waals surface area contributed by atoms with Crippen molar-refractivity contribution in [3.63, 3.8) is 0 Å². The highest BCUT2D eigenvalue weighted by Gasteiger charge is 2.14. The van der Waals surface area contributed by atoms with E-state index in [-0.39, 0.29) is 5.91 Å². The average molecular weight is 465 g/mol. The zero-order chi connectivity index (χ0) is 23.2. The van der Waals surface area contributed by atoms with Gasteiger partial charge in [-0.1, -0.05) is 54.1 Å². The molecule has 1 saturated heterocycles. The van der Waals surface area contributed by atoms with Crippen LogP contribution in [0.2, 0.25) is 0 Å². The third kappa shape index (κ3) is 6.37. The van der Waals surface area contributed by atoms with Crippen LogP contribution in [0.3, 0.4) is 0 Å². The third-order valence-corrected chi connectivity index (χ3v) is 6.46. The van der Waals surface area contributed by atoms with Gasteiger partial charge >= 0.3 is 0 Å². The van der Waals surface area contributed by atoms with Crippen molar-refractivity contribution in [3.8, 4) is 11.4 Å². The Hall–Kier alpha value is -2.81. The molecule has 0 radical (unpaired) electrons. The number of nitrogens with one attached hydrogen (secondary N) is 2. The molecule has 0 atom stereocenters. The standard InChI is InChI=1S/C25H32N6OS/c1-19-3-9-22(10-4-19)24-27-28-25(33)31(24)12-11-23(32)26-17-20-5-7-21(8-6-20)18-30-15-13-29(2)14-16-30/h3-10H,11-18H2,1-2H3,(H,26,32)(H,28,33). The van der Waals surface area contributed by atoms with E-state index < -0.39 is 0 Å². The van der Waals surface area contributed by atoms with Gasteiger partial charge in [0.2, 0.25) is 5.91 Å². The number of hydrogen-bond donors (Lipinski definition) is 2. The third-order valence-electron chi connectivity index (χ3n) is 6.15. The van der Waals surface area contributed by atoms with E-state index in [1.807, 2.05) is 35.8 Å². The molecule has 1 fully saturated rings. The van der Waals surface area contributed by atoms with Gasteiger partial charge in [0.1, 0.15) is 0 Å². The van der Waals surface area contributed by atoms with Crippen LogP contribution in [-0.4, -0.2) is 63.7 Å². The SMILES string of the molecule is Cc1ccc(-c2n[nH]c(=S)n2CCC(=O)NCc2ccc(CN3CCN(C)CC3)cc2)cc1. The first-order valence-electron chi connectivity index (χ1n) is 11.5. The smallest absolute Gasteiger partial charge is 0.222 e. The van der Waals surface area contributed by atoms with Crippen LogP contribution in [0, 0.1) is 11.7 Å². The molecule has 7 nitrogen and oxygen atoms in total. The summed E-state index contributed by atoms with van der Waals surface area (Å²) >= 11 is 5.38. The van der Waals surface area contributed by atoms with Crippen molar-refractivity contribution < 1.29 is 4.79 Å². The topological polar surface area (TPSA) is 69.2 Å². The molecule has 1 amide bonds. The Labute approximate surface area is 200 Å². The summed E-state index contributed by atoms with van der Waals surface area (Å²) in [7, 11) is 2.17. The minimum absolute atomic E-state index is 0.00512. The van der Waals surface area contributed by atoms with Gasteiger partial charge in [0.05, 0.1) is 0 Å². The number of carbonyl (C=O) groups is 1. The summed E-state index contributed by atoms with van der Waals surface area (Å²) < 4.78 is 2.40. The van der Waals surface area contributed by atoms with E-state index in [2.05, 4.69) is 56.6 Å². The highest BCUT2D eigenvalue weighted by molar-refractivity contribution is 7.71. The largest absolute Gasteiger partial charge is 0.352 e. The van der Waals surface area contributed by atoms with Gasteiger partial charge in [0.25, 0.3) is 0 Å². The van der Waals surface area contributed by atoms with Gasteiger partial charge in [-0.2, -0.15) is 5.10 Å². The van der Waals surface area contributed by atoms with E-state index >= 15 is 0 Å². The molecule has 33 heavy (non-hydrogen) atoms. The normalized spacial score (nSPS) is 15.0. The van der Waals surface area contributed by atoms with Crippen LogP contribution in [0.1, 0.15) is 23.1 Å². The van der Waals surface area contributed by atoms with Crippen molar-refractivity contribution in [1.29, 1.82) is 0 Å². The number of benzene rings is 2. The number of rotatable bonds is 8. The van der Waals surface area contributed by atoms with E-state index in [0.29, 0.717) is 24.3 Å². The summed E-state index contributed by atoms with van der Waals surface area (Å²) in [5.41, 5.74) is 4.58. The predicted octanol–water partition coefficient (Wildman–Crippen LogP) is 3.37.